The monoisotopic (exact) mass is 199 g/mol. The van der Waals surface area contributed by atoms with E-state index in [1.807, 2.05) is 27.7 Å². The quantitative estimate of drug-likeness (QED) is 0.734. The van der Waals surface area contributed by atoms with Gasteiger partial charge in [-0.05, 0) is 34.6 Å². The molecule has 0 saturated carbocycles. The van der Waals surface area contributed by atoms with Gasteiger partial charge in [0.1, 0.15) is 6.04 Å². The van der Waals surface area contributed by atoms with Crippen LogP contribution in [0.1, 0.15) is 34.6 Å². The molecule has 0 fully saturated rings. The highest BCUT2D eigenvalue weighted by Crippen LogP contribution is 2.07. The fourth-order valence-corrected chi connectivity index (χ4v) is 0.891. The summed E-state index contributed by atoms with van der Waals surface area (Å²) in [6.07, 6.45) is 0. The van der Waals surface area contributed by atoms with E-state index in [0.29, 0.717) is 6.61 Å². The van der Waals surface area contributed by atoms with E-state index in [9.17, 15) is 4.79 Å². The maximum Gasteiger partial charge on any atom is 0.154 e. The Bertz CT molecular complexity index is 216. The summed E-state index contributed by atoms with van der Waals surface area (Å²) in [6, 6.07) is -0.285. The second-order valence-corrected chi connectivity index (χ2v) is 4.51. The summed E-state index contributed by atoms with van der Waals surface area (Å²) in [5.74, 6) is 0.0669. The third-order valence-corrected chi connectivity index (χ3v) is 1.59. The number of carbonyl (C=O) groups is 1. The molecule has 1 N–H and O–H groups in total. The molecule has 0 unspecified atom stereocenters. The van der Waals surface area contributed by atoms with E-state index in [1.54, 1.807) is 6.92 Å². The minimum Gasteiger partial charge on any atom is -0.377 e. The summed E-state index contributed by atoms with van der Waals surface area (Å²) in [5.41, 5.74) is 0.562. The van der Waals surface area contributed by atoms with Crippen LogP contribution in [0.5, 0.6) is 0 Å². The van der Waals surface area contributed by atoms with Gasteiger partial charge in [-0.25, -0.2) is 0 Å². The maximum atomic E-state index is 11.2. The summed E-state index contributed by atoms with van der Waals surface area (Å²) in [7, 11) is 0. The number of hydrogen-bond donors (Lipinski definition) is 1. The molecular weight excluding hydrogens is 178 g/mol. The molecule has 3 heteroatoms. The molecule has 0 bridgehead atoms. The molecule has 0 aromatic heterocycles. The SMILES string of the molecule is C=C(C)N[C@@H](COC(C)(C)C)C(C)=O. The first-order chi connectivity index (χ1) is 6.22. The molecule has 82 valence electrons. The summed E-state index contributed by atoms with van der Waals surface area (Å²) < 4.78 is 5.53. The van der Waals surface area contributed by atoms with Crippen molar-refractivity contribution in [2.24, 2.45) is 0 Å². The second-order valence-electron chi connectivity index (χ2n) is 4.51. The van der Waals surface area contributed by atoms with E-state index < -0.39 is 0 Å². The largest absolute Gasteiger partial charge is 0.377 e. The number of carbonyl (C=O) groups excluding carboxylic acids is 1. The molecule has 0 aliphatic carbocycles. The van der Waals surface area contributed by atoms with E-state index >= 15 is 0 Å². The van der Waals surface area contributed by atoms with Gasteiger partial charge in [-0.2, -0.15) is 0 Å². The second kappa shape index (κ2) is 5.15. The van der Waals surface area contributed by atoms with Crippen LogP contribution in [-0.4, -0.2) is 24.0 Å². The van der Waals surface area contributed by atoms with E-state index in [4.69, 9.17) is 4.74 Å². The normalized spacial score (nSPS) is 13.5. The van der Waals surface area contributed by atoms with Gasteiger partial charge in [-0.1, -0.05) is 6.58 Å². The van der Waals surface area contributed by atoms with Gasteiger partial charge >= 0.3 is 0 Å². The molecule has 1 atom stereocenters. The number of ether oxygens (including phenoxy) is 1. The van der Waals surface area contributed by atoms with Crippen molar-refractivity contribution in [1.29, 1.82) is 0 Å². The van der Waals surface area contributed by atoms with Crippen molar-refractivity contribution in [3.8, 4) is 0 Å². The fraction of sp³-hybridized carbons (Fsp3) is 0.727. The van der Waals surface area contributed by atoms with Gasteiger partial charge in [0, 0.05) is 5.70 Å². The highest BCUT2D eigenvalue weighted by Gasteiger charge is 2.18. The van der Waals surface area contributed by atoms with Gasteiger partial charge in [-0.3, -0.25) is 4.79 Å². The van der Waals surface area contributed by atoms with Crippen molar-refractivity contribution in [3.63, 3.8) is 0 Å². The molecule has 0 amide bonds. The highest BCUT2D eigenvalue weighted by atomic mass is 16.5. The van der Waals surface area contributed by atoms with Crippen LogP contribution in [0.25, 0.3) is 0 Å². The first kappa shape index (κ1) is 13.2. The molecule has 0 aliphatic rings. The lowest BCUT2D eigenvalue weighted by atomic mass is 10.1. The van der Waals surface area contributed by atoms with Crippen LogP contribution >= 0.6 is 0 Å². The van der Waals surface area contributed by atoms with Crippen LogP contribution in [0.15, 0.2) is 12.3 Å². The van der Waals surface area contributed by atoms with Crippen molar-refractivity contribution < 1.29 is 9.53 Å². The Labute approximate surface area is 86.5 Å². The molecule has 0 spiro atoms. The first-order valence-electron chi connectivity index (χ1n) is 4.79. The minimum atomic E-state index is -0.285. The molecule has 0 saturated heterocycles. The Morgan fingerprint density at radius 1 is 1.43 bits per heavy atom. The third kappa shape index (κ3) is 6.66. The van der Waals surface area contributed by atoms with Gasteiger partial charge in [0.25, 0.3) is 0 Å². The molecular formula is C11H21NO2. The summed E-state index contributed by atoms with van der Waals surface area (Å²) in [6.45, 7) is 13.3. The molecule has 0 aromatic carbocycles. The van der Waals surface area contributed by atoms with Gasteiger partial charge in [-0.15, -0.1) is 0 Å². The van der Waals surface area contributed by atoms with Crippen molar-refractivity contribution in [1.82, 2.24) is 5.32 Å². The van der Waals surface area contributed by atoms with Gasteiger partial charge < -0.3 is 10.1 Å². The van der Waals surface area contributed by atoms with Gasteiger partial charge in [0.15, 0.2) is 5.78 Å². The van der Waals surface area contributed by atoms with Crippen molar-refractivity contribution >= 4 is 5.78 Å². The molecule has 0 heterocycles. The Kier molecular flexibility index (Phi) is 4.85. The lowest BCUT2D eigenvalue weighted by Crippen LogP contribution is -2.40. The molecule has 3 nitrogen and oxygen atoms in total. The number of nitrogens with one attached hydrogen (secondary N) is 1. The summed E-state index contributed by atoms with van der Waals surface area (Å²) in [5, 5.41) is 2.98. The van der Waals surface area contributed by atoms with Crippen LogP contribution in [0.2, 0.25) is 0 Å². The average Bonchev–Trinajstić information content (AvgIpc) is 1.94. The molecule has 0 rings (SSSR count). The Morgan fingerprint density at radius 3 is 2.21 bits per heavy atom. The molecule has 14 heavy (non-hydrogen) atoms. The average molecular weight is 199 g/mol. The fourth-order valence-electron chi connectivity index (χ4n) is 0.891. The summed E-state index contributed by atoms with van der Waals surface area (Å²) >= 11 is 0. The van der Waals surface area contributed by atoms with Crippen molar-refractivity contribution in [2.45, 2.75) is 46.3 Å². The van der Waals surface area contributed by atoms with Gasteiger partial charge in [0.2, 0.25) is 0 Å². The van der Waals surface area contributed by atoms with Crippen molar-refractivity contribution in [2.75, 3.05) is 6.61 Å². The number of Topliss-reactive ketones (excluding diaryl/α,β-unsaturated/α-hetero) is 1. The maximum absolute atomic E-state index is 11.2. The number of hydrogen-bond acceptors (Lipinski definition) is 3. The smallest absolute Gasteiger partial charge is 0.154 e. The third-order valence-electron chi connectivity index (χ3n) is 1.59. The summed E-state index contributed by atoms with van der Waals surface area (Å²) in [4.78, 5) is 11.2. The topological polar surface area (TPSA) is 38.3 Å². The molecule has 0 aliphatic heterocycles. The number of allylic oxidation sites excluding steroid dienone is 1. The zero-order valence-corrected chi connectivity index (χ0v) is 9.81. The lowest BCUT2D eigenvalue weighted by molar-refractivity contribution is -0.121. The van der Waals surface area contributed by atoms with E-state index in [2.05, 4.69) is 11.9 Å². The first-order valence-corrected chi connectivity index (χ1v) is 4.79. The zero-order valence-electron chi connectivity index (χ0n) is 9.81. The van der Waals surface area contributed by atoms with Gasteiger partial charge in [0.05, 0.1) is 12.2 Å². The molecule has 0 radical (unpaired) electrons. The van der Waals surface area contributed by atoms with E-state index in [-0.39, 0.29) is 17.4 Å². The minimum absolute atomic E-state index is 0.0669. The van der Waals surface area contributed by atoms with Crippen LogP contribution in [-0.2, 0) is 9.53 Å². The van der Waals surface area contributed by atoms with Crippen LogP contribution in [0, 0.1) is 0 Å². The zero-order chi connectivity index (χ0) is 11.4. The predicted octanol–water partition coefficient (Wildman–Crippen LogP) is 1.88. The molecule has 0 aromatic rings. The lowest BCUT2D eigenvalue weighted by Gasteiger charge is -2.24. The van der Waals surface area contributed by atoms with Crippen molar-refractivity contribution in [3.05, 3.63) is 12.3 Å². The highest BCUT2D eigenvalue weighted by molar-refractivity contribution is 5.81. The Hall–Kier alpha value is -0.830. The standard InChI is InChI=1S/C11H21NO2/c1-8(2)12-10(9(3)13)7-14-11(4,5)6/h10,12H,1,7H2,2-6H3/t10-/m0/s1. The Balaban J connectivity index is 4.11. The van der Waals surface area contributed by atoms with Crippen LogP contribution in [0.3, 0.4) is 0 Å². The van der Waals surface area contributed by atoms with E-state index in [0.717, 1.165) is 5.70 Å². The van der Waals surface area contributed by atoms with Crippen LogP contribution in [0.4, 0.5) is 0 Å². The Morgan fingerprint density at radius 2 is 1.93 bits per heavy atom. The number of ketones is 1. The van der Waals surface area contributed by atoms with E-state index in [1.165, 1.54) is 0 Å². The number of rotatable bonds is 5. The predicted molar refractivity (Wildman–Crippen MR) is 58.1 cm³/mol. The van der Waals surface area contributed by atoms with Crippen LogP contribution < -0.4 is 5.32 Å².